The predicted octanol–water partition coefficient (Wildman–Crippen LogP) is 9.38. The van der Waals surface area contributed by atoms with Gasteiger partial charge in [0.2, 0.25) is 5.28 Å². The van der Waals surface area contributed by atoms with Gasteiger partial charge in [-0.1, -0.05) is 102 Å². The van der Waals surface area contributed by atoms with Crippen LogP contribution in [0, 0.1) is 5.92 Å². The lowest BCUT2D eigenvalue weighted by molar-refractivity contribution is 0.301. The third-order valence-corrected chi connectivity index (χ3v) is 7.34. The number of aromatic nitrogens is 2. The average molecular weight is 441 g/mol. The fourth-order valence-electron chi connectivity index (χ4n) is 5.11. The van der Waals surface area contributed by atoms with Gasteiger partial charge in [-0.05, 0) is 60.2 Å². The second-order valence-corrected chi connectivity index (χ2v) is 9.89. The van der Waals surface area contributed by atoms with Crippen LogP contribution in [0.3, 0.4) is 0 Å². The van der Waals surface area contributed by atoms with Gasteiger partial charge in [-0.15, -0.1) is 0 Å². The Kier molecular flexibility index (Phi) is 10.9. The molecule has 1 aromatic heterocycles. The highest BCUT2D eigenvalue weighted by atomic mass is 35.5. The summed E-state index contributed by atoms with van der Waals surface area (Å²) in [6.07, 6.45) is 25.0. The molecule has 0 aliphatic heterocycles. The third-order valence-electron chi connectivity index (χ3n) is 7.15. The largest absolute Gasteiger partial charge is 0.226 e. The van der Waals surface area contributed by atoms with Gasteiger partial charge in [0.1, 0.15) is 0 Å². The minimum absolute atomic E-state index is 0.301. The zero-order valence-electron chi connectivity index (χ0n) is 19.5. The first kappa shape index (κ1) is 24.2. The third kappa shape index (κ3) is 8.56. The zero-order valence-corrected chi connectivity index (χ0v) is 20.3. The molecule has 0 saturated heterocycles. The summed E-state index contributed by atoms with van der Waals surface area (Å²) in [6, 6.07) is 9.02. The molecule has 3 rings (SSSR count). The van der Waals surface area contributed by atoms with Gasteiger partial charge in [0.05, 0.1) is 0 Å². The first-order valence-corrected chi connectivity index (χ1v) is 13.2. The van der Waals surface area contributed by atoms with Crippen molar-refractivity contribution in [1.82, 2.24) is 9.97 Å². The Labute approximate surface area is 195 Å². The molecule has 1 heterocycles. The quantitative estimate of drug-likeness (QED) is 0.229. The minimum Gasteiger partial charge on any atom is -0.226 e. The molecule has 3 heteroatoms. The molecule has 0 bridgehead atoms. The van der Waals surface area contributed by atoms with Crippen molar-refractivity contribution in [2.24, 2.45) is 5.92 Å². The maximum absolute atomic E-state index is 5.79. The molecule has 0 N–H and O–H groups in total. The van der Waals surface area contributed by atoms with Crippen LogP contribution in [0.4, 0.5) is 0 Å². The van der Waals surface area contributed by atoms with E-state index in [0.29, 0.717) is 5.28 Å². The summed E-state index contributed by atoms with van der Waals surface area (Å²) in [4.78, 5) is 8.18. The van der Waals surface area contributed by atoms with Gasteiger partial charge in [-0.3, -0.25) is 0 Å². The van der Waals surface area contributed by atoms with Crippen molar-refractivity contribution in [2.45, 2.75) is 109 Å². The van der Waals surface area contributed by atoms with Gasteiger partial charge in [-0.2, -0.15) is 0 Å². The van der Waals surface area contributed by atoms with Crippen LogP contribution in [0.25, 0.3) is 11.1 Å². The van der Waals surface area contributed by atoms with E-state index in [2.05, 4.69) is 41.2 Å². The molecule has 0 atom stereocenters. The summed E-state index contributed by atoms with van der Waals surface area (Å²) in [7, 11) is 0. The highest BCUT2D eigenvalue weighted by Gasteiger charge is 2.22. The number of hydrogen-bond acceptors (Lipinski definition) is 2. The van der Waals surface area contributed by atoms with Crippen molar-refractivity contribution in [2.75, 3.05) is 0 Å². The molecule has 0 radical (unpaired) electrons. The topological polar surface area (TPSA) is 25.8 Å². The van der Waals surface area contributed by atoms with Crippen LogP contribution in [0.1, 0.15) is 115 Å². The number of halogens is 1. The molecular weight excluding hydrogens is 400 g/mol. The Balaban J connectivity index is 1.28. The molecule has 1 aliphatic rings. The van der Waals surface area contributed by atoms with Crippen LogP contribution in [0.2, 0.25) is 5.28 Å². The maximum Gasteiger partial charge on any atom is 0.222 e. The molecule has 31 heavy (non-hydrogen) atoms. The van der Waals surface area contributed by atoms with E-state index in [9.17, 15) is 0 Å². The lowest BCUT2D eigenvalue weighted by atomic mass is 9.77. The first-order valence-electron chi connectivity index (χ1n) is 12.8. The van der Waals surface area contributed by atoms with E-state index in [4.69, 9.17) is 11.6 Å². The van der Waals surface area contributed by atoms with Crippen molar-refractivity contribution in [3.05, 3.63) is 47.5 Å². The van der Waals surface area contributed by atoms with Crippen LogP contribution in [0.5, 0.6) is 0 Å². The molecule has 0 unspecified atom stereocenters. The number of benzene rings is 1. The van der Waals surface area contributed by atoms with Gasteiger partial charge >= 0.3 is 0 Å². The molecule has 1 fully saturated rings. The van der Waals surface area contributed by atoms with Gasteiger partial charge in [0, 0.05) is 18.0 Å². The summed E-state index contributed by atoms with van der Waals surface area (Å²) in [5, 5.41) is 0.301. The van der Waals surface area contributed by atoms with E-state index < -0.39 is 0 Å². The summed E-state index contributed by atoms with van der Waals surface area (Å²) in [5.41, 5.74) is 3.68. The predicted molar refractivity (Wildman–Crippen MR) is 134 cm³/mol. The van der Waals surface area contributed by atoms with Gasteiger partial charge < -0.3 is 0 Å². The smallest absolute Gasteiger partial charge is 0.222 e. The molecule has 1 saturated carbocycles. The number of hydrogen-bond donors (Lipinski definition) is 0. The number of rotatable bonds is 13. The maximum atomic E-state index is 5.79. The second kappa shape index (κ2) is 13.9. The Morgan fingerprint density at radius 3 is 1.84 bits per heavy atom. The van der Waals surface area contributed by atoms with Gasteiger partial charge in [-0.25, -0.2) is 9.97 Å². The molecular formula is C28H41ClN2. The van der Waals surface area contributed by atoms with Crippen molar-refractivity contribution >= 4 is 11.6 Å². The van der Waals surface area contributed by atoms with E-state index in [1.807, 2.05) is 0 Å². The Bertz CT molecular complexity index is 718. The van der Waals surface area contributed by atoms with Crippen LogP contribution in [0.15, 0.2) is 36.7 Å². The van der Waals surface area contributed by atoms with Crippen LogP contribution in [-0.2, 0) is 0 Å². The van der Waals surface area contributed by atoms with Crippen molar-refractivity contribution in [3.63, 3.8) is 0 Å². The lowest BCUT2D eigenvalue weighted by Crippen LogP contribution is -2.13. The number of unbranched alkanes of at least 4 members (excludes halogenated alkanes) is 9. The minimum atomic E-state index is 0.301. The lowest BCUT2D eigenvalue weighted by Gasteiger charge is -2.29. The first-order chi connectivity index (χ1) is 15.3. The SMILES string of the molecule is CCCCCCCCCCCCC1CCC(c2ccc(-c3cnc(Cl)nc3)cc2)CC1. The van der Waals surface area contributed by atoms with Crippen molar-refractivity contribution in [1.29, 1.82) is 0 Å². The Hall–Kier alpha value is -1.41. The molecule has 0 spiro atoms. The Morgan fingerprint density at radius 2 is 1.26 bits per heavy atom. The summed E-state index contributed by atoms with van der Waals surface area (Å²) in [6.45, 7) is 2.29. The highest BCUT2D eigenvalue weighted by Crippen LogP contribution is 2.38. The van der Waals surface area contributed by atoms with Crippen LogP contribution in [-0.4, -0.2) is 9.97 Å². The van der Waals surface area contributed by atoms with E-state index in [1.54, 1.807) is 12.4 Å². The molecule has 0 amide bonds. The van der Waals surface area contributed by atoms with Gasteiger partial charge in [0.15, 0.2) is 0 Å². The molecule has 1 aromatic carbocycles. The zero-order chi connectivity index (χ0) is 21.7. The average Bonchev–Trinajstić information content (AvgIpc) is 2.81. The monoisotopic (exact) mass is 440 g/mol. The highest BCUT2D eigenvalue weighted by molar-refractivity contribution is 6.28. The van der Waals surface area contributed by atoms with Gasteiger partial charge in [0.25, 0.3) is 0 Å². The van der Waals surface area contributed by atoms with E-state index in [-0.39, 0.29) is 0 Å². The second-order valence-electron chi connectivity index (χ2n) is 9.55. The summed E-state index contributed by atoms with van der Waals surface area (Å²) in [5.74, 6) is 1.70. The van der Waals surface area contributed by atoms with Crippen LogP contribution < -0.4 is 0 Å². The number of nitrogens with zero attached hydrogens (tertiary/aromatic N) is 2. The Morgan fingerprint density at radius 1 is 0.710 bits per heavy atom. The fraction of sp³-hybridized carbons (Fsp3) is 0.643. The van der Waals surface area contributed by atoms with Crippen molar-refractivity contribution < 1.29 is 0 Å². The molecule has 170 valence electrons. The van der Waals surface area contributed by atoms with E-state index in [1.165, 1.54) is 102 Å². The normalized spacial score (nSPS) is 18.9. The van der Waals surface area contributed by atoms with Crippen molar-refractivity contribution in [3.8, 4) is 11.1 Å². The van der Waals surface area contributed by atoms with E-state index >= 15 is 0 Å². The molecule has 2 aromatic rings. The molecule has 1 aliphatic carbocycles. The fourth-order valence-corrected chi connectivity index (χ4v) is 5.21. The summed E-state index contributed by atoms with van der Waals surface area (Å²) < 4.78 is 0. The molecule has 2 nitrogen and oxygen atoms in total. The van der Waals surface area contributed by atoms with Crippen LogP contribution >= 0.6 is 11.6 Å². The standard InChI is InChI=1S/C28H41ClN2/c1-2-3-4-5-6-7-8-9-10-11-12-23-13-15-24(16-14-23)25-17-19-26(20-18-25)27-21-30-28(29)31-22-27/h17-24H,2-16H2,1H3. The van der Waals surface area contributed by atoms with E-state index in [0.717, 1.165) is 23.0 Å². The summed E-state index contributed by atoms with van der Waals surface area (Å²) >= 11 is 5.79.